The van der Waals surface area contributed by atoms with Crippen LogP contribution in [0.3, 0.4) is 0 Å². The van der Waals surface area contributed by atoms with Gasteiger partial charge in [0.2, 0.25) is 0 Å². The van der Waals surface area contributed by atoms with Gasteiger partial charge < -0.3 is 9.47 Å². The van der Waals surface area contributed by atoms with Gasteiger partial charge in [-0.15, -0.1) is 0 Å². The van der Waals surface area contributed by atoms with E-state index < -0.39 is 0 Å². The number of methoxy groups -OCH3 is 2. The van der Waals surface area contributed by atoms with Gasteiger partial charge in [-0.1, -0.05) is 30.3 Å². The van der Waals surface area contributed by atoms with Crippen LogP contribution in [-0.4, -0.2) is 20.0 Å². The first-order chi connectivity index (χ1) is 11.2. The first kappa shape index (κ1) is 15.3. The Kier molecular flexibility index (Phi) is 4.47. The third kappa shape index (κ3) is 3.45. The maximum Gasteiger partial charge on any atom is 0.156 e. The summed E-state index contributed by atoms with van der Waals surface area (Å²) in [6, 6.07) is 16.0. The number of carbonyl (C=O) groups is 1. The van der Waals surface area contributed by atoms with Gasteiger partial charge in [-0.2, -0.15) is 0 Å². The van der Waals surface area contributed by atoms with Crippen LogP contribution in [0.25, 0.3) is 5.57 Å². The molecule has 1 unspecified atom stereocenters. The number of hydrogen-bond acceptors (Lipinski definition) is 3. The Bertz CT molecular complexity index is 710. The van der Waals surface area contributed by atoms with Crippen LogP contribution in [0.5, 0.6) is 11.5 Å². The third-order valence-electron chi connectivity index (χ3n) is 4.20. The first-order valence-corrected chi connectivity index (χ1v) is 7.71. The number of carbonyl (C=O) groups excluding carboxylic acids is 1. The molecule has 118 valence electrons. The van der Waals surface area contributed by atoms with Crippen LogP contribution in [0.15, 0.2) is 54.6 Å². The maximum atomic E-state index is 11.9. The molecule has 0 bridgehead atoms. The van der Waals surface area contributed by atoms with Gasteiger partial charge in [-0.05, 0) is 47.2 Å². The van der Waals surface area contributed by atoms with Gasteiger partial charge in [0.25, 0.3) is 0 Å². The normalized spacial score (nSPS) is 17.0. The van der Waals surface area contributed by atoms with Crippen molar-refractivity contribution in [3.05, 3.63) is 65.7 Å². The molecule has 3 nitrogen and oxygen atoms in total. The Morgan fingerprint density at radius 3 is 2.26 bits per heavy atom. The van der Waals surface area contributed by atoms with Gasteiger partial charge in [0.15, 0.2) is 5.78 Å². The molecule has 0 spiro atoms. The minimum Gasteiger partial charge on any atom is -0.497 e. The average Bonchev–Trinajstić information content (AvgIpc) is 2.95. The molecule has 0 radical (unpaired) electrons. The van der Waals surface area contributed by atoms with Crippen LogP contribution in [-0.2, 0) is 11.2 Å². The summed E-state index contributed by atoms with van der Waals surface area (Å²) >= 11 is 0. The molecule has 0 aliphatic heterocycles. The highest BCUT2D eigenvalue weighted by atomic mass is 16.5. The lowest BCUT2D eigenvalue weighted by Gasteiger charge is -2.16. The van der Waals surface area contributed by atoms with Gasteiger partial charge in [-0.3, -0.25) is 4.79 Å². The zero-order chi connectivity index (χ0) is 16.2. The molecule has 0 saturated heterocycles. The van der Waals surface area contributed by atoms with Crippen LogP contribution in [0.4, 0.5) is 0 Å². The number of ketones is 1. The molecule has 1 aliphatic carbocycles. The lowest BCUT2D eigenvalue weighted by molar-refractivity contribution is -0.114. The largest absolute Gasteiger partial charge is 0.497 e. The summed E-state index contributed by atoms with van der Waals surface area (Å²) in [5, 5.41) is 0. The van der Waals surface area contributed by atoms with E-state index in [1.165, 1.54) is 0 Å². The molecule has 0 amide bonds. The lowest BCUT2D eigenvalue weighted by atomic mass is 9.89. The molecule has 0 heterocycles. The molecule has 0 N–H and O–H groups in total. The highest BCUT2D eigenvalue weighted by Crippen LogP contribution is 2.35. The summed E-state index contributed by atoms with van der Waals surface area (Å²) < 4.78 is 10.7. The maximum absolute atomic E-state index is 11.9. The number of ether oxygens (including phenoxy) is 2. The summed E-state index contributed by atoms with van der Waals surface area (Å²) in [5.74, 6) is 1.94. The van der Waals surface area contributed by atoms with Gasteiger partial charge in [0, 0.05) is 12.5 Å². The van der Waals surface area contributed by atoms with E-state index in [2.05, 4.69) is 12.1 Å². The van der Waals surface area contributed by atoms with E-state index in [0.29, 0.717) is 6.42 Å². The van der Waals surface area contributed by atoms with Gasteiger partial charge in [-0.25, -0.2) is 0 Å². The predicted octanol–water partition coefficient (Wildman–Crippen LogP) is 3.92. The lowest BCUT2D eigenvalue weighted by Crippen LogP contribution is -2.05. The standard InChI is InChI=1S/C20H20O3/c1-22-18-9-14(10-19(13-18)23-2)8-16-11-17(21)12-20(16)15-6-4-3-5-7-15/h3-7,9-10,12-13,16H,8,11H2,1-2H3. The fourth-order valence-corrected chi connectivity index (χ4v) is 3.10. The van der Waals surface area contributed by atoms with Gasteiger partial charge >= 0.3 is 0 Å². The van der Waals surface area contributed by atoms with Crippen LogP contribution in [0.1, 0.15) is 17.5 Å². The van der Waals surface area contributed by atoms with E-state index >= 15 is 0 Å². The average molecular weight is 308 g/mol. The Labute approximate surface area is 136 Å². The minimum absolute atomic E-state index is 0.196. The fourth-order valence-electron chi connectivity index (χ4n) is 3.10. The Balaban J connectivity index is 1.87. The van der Waals surface area contributed by atoms with E-state index in [1.807, 2.05) is 36.4 Å². The summed E-state index contributed by atoms with van der Waals surface area (Å²) in [4.78, 5) is 11.9. The third-order valence-corrected chi connectivity index (χ3v) is 4.20. The van der Waals surface area contributed by atoms with E-state index in [1.54, 1.807) is 20.3 Å². The van der Waals surface area contributed by atoms with Gasteiger partial charge in [0.05, 0.1) is 14.2 Å². The molecule has 3 heteroatoms. The van der Waals surface area contributed by atoms with Crippen molar-refractivity contribution < 1.29 is 14.3 Å². The van der Waals surface area contributed by atoms with Crippen LogP contribution in [0.2, 0.25) is 0 Å². The van der Waals surface area contributed by atoms with Gasteiger partial charge in [0.1, 0.15) is 11.5 Å². The first-order valence-electron chi connectivity index (χ1n) is 7.71. The van der Waals surface area contributed by atoms with E-state index in [-0.39, 0.29) is 11.7 Å². The quantitative estimate of drug-likeness (QED) is 0.840. The van der Waals surface area contributed by atoms with Crippen LogP contribution in [0, 0.1) is 5.92 Å². The second kappa shape index (κ2) is 6.69. The number of rotatable bonds is 5. The van der Waals surface area contributed by atoms with Crippen molar-refractivity contribution in [3.63, 3.8) is 0 Å². The van der Waals surface area contributed by atoms with E-state index in [4.69, 9.17) is 9.47 Å². The molecule has 2 aromatic carbocycles. The number of hydrogen-bond donors (Lipinski definition) is 0. The zero-order valence-corrected chi connectivity index (χ0v) is 13.4. The van der Waals surface area contributed by atoms with Crippen molar-refractivity contribution in [2.24, 2.45) is 5.92 Å². The molecular weight excluding hydrogens is 288 g/mol. The van der Waals surface area contributed by atoms with Crippen molar-refractivity contribution in [2.75, 3.05) is 14.2 Å². The summed E-state index contributed by atoms with van der Waals surface area (Å²) in [5.41, 5.74) is 3.36. The molecular formula is C20H20O3. The van der Waals surface area contributed by atoms with Crippen molar-refractivity contribution in [1.29, 1.82) is 0 Å². The fraction of sp³-hybridized carbons (Fsp3) is 0.250. The smallest absolute Gasteiger partial charge is 0.156 e. The molecule has 1 atom stereocenters. The molecule has 23 heavy (non-hydrogen) atoms. The van der Waals surface area contributed by atoms with Crippen molar-refractivity contribution in [1.82, 2.24) is 0 Å². The highest BCUT2D eigenvalue weighted by molar-refractivity contribution is 6.02. The van der Waals surface area contributed by atoms with E-state index in [9.17, 15) is 4.79 Å². The predicted molar refractivity (Wildman–Crippen MR) is 90.8 cm³/mol. The summed E-state index contributed by atoms with van der Waals surface area (Å²) in [7, 11) is 3.29. The summed E-state index contributed by atoms with van der Waals surface area (Å²) in [6.45, 7) is 0. The monoisotopic (exact) mass is 308 g/mol. The number of allylic oxidation sites excluding steroid dienone is 2. The molecule has 2 aromatic rings. The molecule has 0 fully saturated rings. The van der Waals surface area contributed by atoms with Crippen LogP contribution >= 0.6 is 0 Å². The Morgan fingerprint density at radius 1 is 1.00 bits per heavy atom. The second-order valence-electron chi connectivity index (χ2n) is 5.76. The highest BCUT2D eigenvalue weighted by Gasteiger charge is 2.26. The second-order valence-corrected chi connectivity index (χ2v) is 5.76. The molecule has 0 saturated carbocycles. The molecule has 1 aliphatic rings. The minimum atomic E-state index is 0.196. The Morgan fingerprint density at radius 2 is 1.65 bits per heavy atom. The molecule has 0 aromatic heterocycles. The zero-order valence-electron chi connectivity index (χ0n) is 13.4. The van der Waals surface area contributed by atoms with Crippen LogP contribution < -0.4 is 9.47 Å². The molecule has 3 rings (SSSR count). The van der Waals surface area contributed by atoms with E-state index in [0.717, 1.165) is 34.6 Å². The summed E-state index contributed by atoms with van der Waals surface area (Å²) in [6.07, 6.45) is 3.14. The number of benzene rings is 2. The topological polar surface area (TPSA) is 35.5 Å². The SMILES string of the molecule is COc1cc(CC2CC(=O)C=C2c2ccccc2)cc(OC)c1. The Hall–Kier alpha value is -2.55. The van der Waals surface area contributed by atoms with Crippen molar-refractivity contribution in [3.8, 4) is 11.5 Å². The van der Waals surface area contributed by atoms with Crippen molar-refractivity contribution in [2.45, 2.75) is 12.8 Å². The van der Waals surface area contributed by atoms with Crippen molar-refractivity contribution >= 4 is 11.4 Å².